The molecule has 8 nitrogen and oxygen atoms in total. The molecular formula is C29H39F2N3O5. The van der Waals surface area contributed by atoms with E-state index in [9.17, 15) is 18.7 Å². The molecule has 4 rings (SSSR count). The predicted molar refractivity (Wildman–Crippen MR) is 143 cm³/mol. The average Bonchev–Trinajstić information content (AvgIpc) is 3.08. The van der Waals surface area contributed by atoms with Crippen molar-refractivity contribution in [3.8, 4) is 11.5 Å². The van der Waals surface area contributed by atoms with E-state index in [0.29, 0.717) is 26.2 Å². The van der Waals surface area contributed by atoms with Gasteiger partial charge in [-0.05, 0) is 43.6 Å². The highest BCUT2D eigenvalue weighted by molar-refractivity contribution is 5.77. The predicted octanol–water partition coefficient (Wildman–Crippen LogP) is 2.93. The number of methoxy groups -OCH3 is 1. The minimum absolute atomic E-state index is 0.00723. The molecule has 214 valence electrons. The maximum absolute atomic E-state index is 13.6. The minimum Gasteiger partial charge on any atom is -0.492 e. The van der Waals surface area contributed by atoms with Crippen molar-refractivity contribution in [3.05, 3.63) is 59.7 Å². The average molecular weight is 548 g/mol. The Morgan fingerprint density at radius 3 is 2.31 bits per heavy atom. The number of ether oxygens (including phenoxy) is 3. The molecule has 39 heavy (non-hydrogen) atoms. The number of hydrogen-bond donors (Lipinski definition) is 1. The Morgan fingerprint density at radius 1 is 0.897 bits per heavy atom. The molecule has 1 N–H and O–H groups in total. The first-order valence-corrected chi connectivity index (χ1v) is 13.6. The SMILES string of the molecule is COCC(=O)N1CCN(Cc2ccc(OCCN3CCCCC3)cc2)C[C@](O)(COc2cc(F)cc(F)c2)C1. The Hall–Kier alpha value is -2.79. The fraction of sp³-hybridized carbons (Fsp3) is 0.552. The number of carbonyl (C=O) groups excluding carboxylic acids is 1. The third-order valence-corrected chi connectivity index (χ3v) is 7.11. The molecule has 1 atom stereocenters. The van der Waals surface area contributed by atoms with Crippen LogP contribution in [0, 0.1) is 11.6 Å². The fourth-order valence-corrected chi connectivity index (χ4v) is 5.15. The van der Waals surface area contributed by atoms with Crippen LogP contribution in [-0.2, 0) is 16.1 Å². The monoisotopic (exact) mass is 547 g/mol. The molecule has 0 aromatic heterocycles. The molecule has 2 aliphatic rings. The Labute approximate surface area is 229 Å². The van der Waals surface area contributed by atoms with Crippen LogP contribution < -0.4 is 9.47 Å². The summed E-state index contributed by atoms with van der Waals surface area (Å²) in [5, 5.41) is 11.5. The number of rotatable bonds is 11. The Bertz CT molecular complexity index is 1050. The molecule has 1 amide bonds. The first-order chi connectivity index (χ1) is 18.8. The van der Waals surface area contributed by atoms with Gasteiger partial charge in [0, 0.05) is 58.0 Å². The largest absolute Gasteiger partial charge is 0.492 e. The molecule has 0 saturated carbocycles. The van der Waals surface area contributed by atoms with Crippen molar-refractivity contribution in [3.63, 3.8) is 0 Å². The van der Waals surface area contributed by atoms with E-state index < -0.39 is 17.2 Å². The summed E-state index contributed by atoms with van der Waals surface area (Å²) in [7, 11) is 1.44. The van der Waals surface area contributed by atoms with Crippen LogP contribution in [0.1, 0.15) is 24.8 Å². The molecule has 10 heteroatoms. The van der Waals surface area contributed by atoms with Crippen LogP contribution in [0.5, 0.6) is 11.5 Å². The van der Waals surface area contributed by atoms with Crippen molar-refractivity contribution in [1.29, 1.82) is 0 Å². The third kappa shape index (κ3) is 9.13. The maximum Gasteiger partial charge on any atom is 0.248 e. The van der Waals surface area contributed by atoms with E-state index in [2.05, 4.69) is 4.90 Å². The normalized spacial score (nSPS) is 21.0. The van der Waals surface area contributed by atoms with Gasteiger partial charge in [-0.15, -0.1) is 0 Å². The van der Waals surface area contributed by atoms with Gasteiger partial charge >= 0.3 is 0 Å². The molecule has 0 spiro atoms. The van der Waals surface area contributed by atoms with Gasteiger partial charge in [-0.2, -0.15) is 0 Å². The van der Waals surface area contributed by atoms with E-state index >= 15 is 0 Å². The molecule has 2 heterocycles. The number of benzene rings is 2. The number of carbonyl (C=O) groups is 1. The topological polar surface area (TPSA) is 74.7 Å². The first-order valence-electron chi connectivity index (χ1n) is 13.6. The van der Waals surface area contributed by atoms with Crippen molar-refractivity contribution < 1.29 is 32.9 Å². The van der Waals surface area contributed by atoms with Gasteiger partial charge < -0.3 is 24.2 Å². The van der Waals surface area contributed by atoms with Gasteiger partial charge in [-0.25, -0.2) is 8.78 Å². The zero-order valence-corrected chi connectivity index (χ0v) is 22.6. The van der Waals surface area contributed by atoms with E-state index in [-0.39, 0.29) is 38.0 Å². The van der Waals surface area contributed by atoms with Crippen LogP contribution in [0.3, 0.4) is 0 Å². The van der Waals surface area contributed by atoms with Crippen molar-refractivity contribution in [2.75, 3.05) is 72.7 Å². The molecule has 2 aliphatic heterocycles. The number of halogens is 2. The second-order valence-electron chi connectivity index (χ2n) is 10.5. The third-order valence-electron chi connectivity index (χ3n) is 7.11. The van der Waals surface area contributed by atoms with E-state index in [0.717, 1.165) is 49.1 Å². The Kier molecular flexibility index (Phi) is 10.5. The number of hydrogen-bond acceptors (Lipinski definition) is 7. The summed E-state index contributed by atoms with van der Waals surface area (Å²) in [6, 6.07) is 10.8. The first kappa shape index (κ1) is 29.2. The lowest BCUT2D eigenvalue weighted by atomic mass is 10.0. The highest BCUT2D eigenvalue weighted by Gasteiger charge is 2.37. The smallest absolute Gasteiger partial charge is 0.248 e. The lowest BCUT2D eigenvalue weighted by molar-refractivity contribution is -0.138. The number of likely N-dealkylation sites (tertiary alicyclic amines) is 1. The highest BCUT2D eigenvalue weighted by atomic mass is 19.1. The van der Waals surface area contributed by atoms with Gasteiger partial charge in [0.15, 0.2) is 0 Å². The Balaban J connectivity index is 1.37. The van der Waals surface area contributed by atoms with Crippen LogP contribution in [0.4, 0.5) is 8.78 Å². The molecule has 2 fully saturated rings. The summed E-state index contributed by atoms with van der Waals surface area (Å²) in [5.41, 5.74) is -0.439. The number of piperidine rings is 1. The van der Waals surface area contributed by atoms with E-state index in [4.69, 9.17) is 14.2 Å². The van der Waals surface area contributed by atoms with Crippen molar-refractivity contribution >= 4 is 5.91 Å². The number of amides is 1. The minimum atomic E-state index is -1.47. The quantitative estimate of drug-likeness (QED) is 0.464. The second kappa shape index (κ2) is 14.0. The summed E-state index contributed by atoms with van der Waals surface area (Å²) in [4.78, 5) is 18.6. The summed E-state index contributed by atoms with van der Waals surface area (Å²) in [5.74, 6) is -0.996. The summed E-state index contributed by atoms with van der Waals surface area (Å²) < 4.78 is 43.8. The van der Waals surface area contributed by atoms with Crippen molar-refractivity contribution in [2.24, 2.45) is 0 Å². The lowest BCUT2D eigenvalue weighted by Gasteiger charge is -2.33. The molecule has 2 aromatic carbocycles. The van der Waals surface area contributed by atoms with E-state index in [1.165, 1.54) is 31.3 Å². The van der Waals surface area contributed by atoms with Gasteiger partial charge in [-0.3, -0.25) is 14.6 Å². The van der Waals surface area contributed by atoms with Crippen molar-refractivity contribution in [2.45, 2.75) is 31.4 Å². The lowest BCUT2D eigenvalue weighted by Crippen LogP contribution is -2.52. The summed E-state index contributed by atoms with van der Waals surface area (Å²) in [6.45, 7) is 5.19. The van der Waals surface area contributed by atoms with Crippen molar-refractivity contribution in [1.82, 2.24) is 14.7 Å². The fourth-order valence-electron chi connectivity index (χ4n) is 5.15. The maximum atomic E-state index is 13.6. The van der Waals surface area contributed by atoms with Gasteiger partial charge in [0.1, 0.15) is 48.6 Å². The molecular weight excluding hydrogens is 508 g/mol. The van der Waals surface area contributed by atoms with Gasteiger partial charge in [-0.1, -0.05) is 18.6 Å². The number of aliphatic hydroxyl groups is 1. The van der Waals surface area contributed by atoms with Crippen LogP contribution in [0.25, 0.3) is 0 Å². The van der Waals surface area contributed by atoms with Crippen LogP contribution in [0.15, 0.2) is 42.5 Å². The van der Waals surface area contributed by atoms with Gasteiger partial charge in [0.25, 0.3) is 0 Å². The summed E-state index contributed by atoms with van der Waals surface area (Å²) >= 11 is 0. The van der Waals surface area contributed by atoms with E-state index in [1.807, 2.05) is 29.2 Å². The molecule has 0 aliphatic carbocycles. The molecule has 0 bridgehead atoms. The Morgan fingerprint density at radius 2 is 1.62 bits per heavy atom. The number of β-amino-alcohol motifs (C(OH)–C–C–N with tert-alkyl or cyclic N) is 1. The second-order valence-corrected chi connectivity index (χ2v) is 10.5. The van der Waals surface area contributed by atoms with Gasteiger partial charge in [0.05, 0.1) is 6.54 Å². The van der Waals surface area contributed by atoms with Gasteiger partial charge in [0.2, 0.25) is 5.91 Å². The molecule has 0 radical (unpaired) electrons. The van der Waals surface area contributed by atoms with Crippen LogP contribution >= 0.6 is 0 Å². The van der Waals surface area contributed by atoms with E-state index in [1.54, 1.807) is 0 Å². The van der Waals surface area contributed by atoms with Crippen LogP contribution in [-0.4, -0.2) is 104 Å². The zero-order valence-electron chi connectivity index (χ0n) is 22.6. The van der Waals surface area contributed by atoms with Crippen LogP contribution in [0.2, 0.25) is 0 Å². The molecule has 0 unspecified atom stereocenters. The highest BCUT2D eigenvalue weighted by Crippen LogP contribution is 2.22. The molecule has 2 aromatic rings. The molecule has 2 saturated heterocycles. The standard InChI is InChI=1S/C29H39F2N3O5/c1-37-19-28(35)34-12-11-33(20-29(36,21-34)22-39-27-16-24(30)15-25(31)17-27)18-23-5-7-26(8-6-23)38-14-13-32-9-3-2-4-10-32/h5-8,15-17,36H,2-4,9-14,18-22H2,1H3/t29-/m1/s1. The zero-order chi connectivity index (χ0) is 27.7. The number of nitrogens with zero attached hydrogens (tertiary/aromatic N) is 3. The summed E-state index contributed by atoms with van der Waals surface area (Å²) in [6.07, 6.45) is 3.83.